The van der Waals surface area contributed by atoms with Gasteiger partial charge in [-0.2, -0.15) is 0 Å². The van der Waals surface area contributed by atoms with Crippen LogP contribution < -0.4 is 5.32 Å². The lowest BCUT2D eigenvalue weighted by Crippen LogP contribution is -2.12. The first kappa shape index (κ1) is 11.9. The third kappa shape index (κ3) is 3.43. The van der Waals surface area contributed by atoms with Gasteiger partial charge in [-0.3, -0.25) is 0 Å². The number of aliphatic carboxylic acids is 1. The minimum Gasteiger partial charge on any atom is -0.478 e. The molecule has 1 saturated heterocycles. The monoisotopic (exact) mass is 231 g/mol. The van der Waals surface area contributed by atoms with Gasteiger partial charge in [0.25, 0.3) is 0 Å². The van der Waals surface area contributed by atoms with Crippen molar-refractivity contribution in [1.82, 2.24) is 5.32 Å². The zero-order valence-electron chi connectivity index (χ0n) is 9.73. The molecule has 0 saturated carbocycles. The first-order valence-corrected chi connectivity index (χ1v) is 5.97. The molecule has 0 aliphatic carbocycles. The molecule has 0 spiro atoms. The van der Waals surface area contributed by atoms with Crippen molar-refractivity contribution < 1.29 is 9.90 Å². The molecule has 0 amide bonds. The van der Waals surface area contributed by atoms with Gasteiger partial charge >= 0.3 is 5.97 Å². The Hall–Kier alpha value is -1.61. The number of benzene rings is 1. The van der Waals surface area contributed by atoms with E-state index in [0.29, 0.717) is 12.5 Å². The van der Waals surface area contributed by atoms with Crippen LogP contribution in [0.5, 0.6) is 0 Å². The highest BCUT2D eigenvalue weighted by Crippen LogP contribution is 2.23. The predicted molar refractivity (Wildman–Crippen MR) is 66.9 cm³/mol. The molecule has 3 nitrogen and oxygen atoms in total. The Labute approximate surface area is 101 Å². The zero-order chi connectivity index (χ0) is 12.1. The number of rotatable bonds is 4. The van der Waals surface area contributed by atoms with Crippen LogP contribution in [0.1, 0.15) is 30.0 Å². The molecule has 1 aromatic rings. The normalized spacial score (nSPS) is 19.9. The van der Waals surface area contributed by atoms with Crippen LogP contribution in [-0.4, -0.2) is 17.6 Å². The molecule has 1 aliphatic heterocycles. The zero-order valence-corrected chi connectivity index (χ0v) is 9.73. The van der Waals surface area contributed by atoms with Crippen molar-refractivity contribution in [3.8, 4) is 0 Å². The van der Waals surface area contributed by atoms with Crippen molar-refractivity contribution in [3.63, 3.8) is 0 Å². The lowest BCUT2D eigenvalue weighted by Gasteiger charge is -2.10. The SMILES string of the molecule is O=C(O)C=CCc1ccc([C@@H]2CCCN2)cc1. The second-order valence-corrected chi connectivity index (χ2v) is 4.34. The highest BCUT2D eigenvalue weighted by atomic mass is 16.4. The summed E-state index contributed by atoms with van der Waals surface area (Å²) in [5.41, 5.74) is 2.47. The van der Waals surface area contributed by atoms with E-state index in [9.17, 15) is 4.79 Å². The Kier molecular flexibility index (Phi) is 3.94. The van der Waals surface area contributed by atoms with E-state index in [-0.39, 0.29) is 0 Å². The molecular formula is C14H17NO2. The first-order valence-electron chi connectivity index (χ1n) is 5.97. The van der Waals surface area contributed by atoms with Gasteiger partial charge in [0, 0.05) is 12.1 Å². The van der Waals surface area contributed by atoms with Gasteiger partial charge in [-0.1, -0.05) is 30.3 Å². The van der Waals surface area contributed by atoms with Gasteiger partial charge < -0.3 is 10.4 Å². The summed E-state index contributed by atoms with van der Waals surface area (Å²) in [6, 6.07) is 8.90. The maximum atomic E-state index is 10.3. The molecule has 0 aromatic heterocycles. The van der Waals surface area contributed by atoms with Gasteiger partial charge in [0.05, 0.1) is 0 Å². The summed E-state index contributed by atoms with van der Waals surface area (Å²) in [6.07, 6.45) is 5.98. The third-order valence-corrected chi connectivity index (χ3v) is 3.06. The van der Waals surface area contributed by atoms with Crippen molar-refractivity contribution in [2.45, 2.75) is 25.3 Å². The number of allylic oxidation sites excluding steroid dienone is 1. The fourth-order valence-corrected chi connectivity index (χ4v) is 2.15. The third-order valence-electron chi connectivity index (χ3n) is 3.06. The summed E-state index contributed by atoms with van der Waals surface area (Å²) >= 11 is 0. The minimum atomic E-state index is -0.892. The topological polar surface area (TPSA) is 49.3 Å². The molecule has 0 bridgehead atoms. The minimum absolute atomic E-state index is 0.499. The second kappa shape index (κ2) is 5.64. The average molecular weight is 231 g/mol. The standard InChI is InChI=1S/C14H17NO2/c16-14(17)5-1-3-11-6-8-12(9-7-11)13-4-2-10-15-13/h1,5-9,13,15H,2-4,10H2,(H,16,17)/t13-/m0/s1. The van der Waals surface area contributed by atoms with E-state index in [2.05, 4.69) is 29.6 Å². The summed E-state index contributed by atoms with van der Waals surface area (Å²) in [6.45, 7) is 1.10. The first-order chi connectivity index (χ1) is 8.25. The summed E-state index contributed by atoms with van der Waals surface area (Å²) in [4.78, 5) is 10.3. The molecule has 1 atom stereocenters. The van der Waals surface area contributed by atoms with Crippen LogP contribution in [0.25, 0.3) is 0 Å². The Bertz CT molecular complexity index is 403. The number of hydrogen-bond acceptors (Lipinski definition) is 2. The lowest BCUT2D eigenvalue weighted by atomic mass is 10.0. The fraction of sp³-hybridized carbons (Fsp3) is 0.357. The van der Waals surface area contributed by atoms with E-state index in [1.165, 1.54) is 24.5 Å². The van der Waals surface area contributed by atoms with Crippen LogP contribution in [0.4, 0.5) is 0 Å². The van der Waals surface area contributed by atoms with E-state index in [1.807, 2.05) is 0 Å². The number of carboxylic acid groups (broad SMARTS) is 1. The molecule has 3 heteroatoms. The van der Waals surface area contributed by atoms with E-state index in [1.54, 1.807) is 6.08 Å². The second-order valence-electron chi connectivity index (χ2n) is 4.34. The molecule has 1 aromatic carbocycles. The largest absolute Gasteiger partial charge is 0.478 e. The Morgan fingerprint density at radius 1 is 1.41 bits per heavy atom. The molecule has 1 heterocycles. The van der Waals surface area contributed by atoms with Crippen LogP contribution in [0, 0.1) is 0 Å². The van der Waals surface area contributed by atoms with Gasteiger partial charge in [0.15, 0.2) is 0 Å². The van der Waals surface area contributed by atoms with E-state index in [0.717, 1.165) is 12.1 Å². The van der Waals surface area contributed by atoms with Crippen molar-refractivity contribution in [2.24, 2.45) is 0 Å². The molecule has 2 rings (SSSR count). The fourth-order valence-electron chi connectivity index (χ4n) is 2.15. The van der Waals surface area contributed by atoms with Crippen LogP contribution in [0.2, 0.25) is 0 Å². The highest BCUT2D eigenvalue weighted by molar-refractivity contribution is 5.79. The summed E-state index contributed by atoms with van der Waals surface area (Å²) < 4.78 is 0. The van der Waals surface area contributed by atoms with Crippen LogP contribution >= 0.6 is 0 Å². The van der Waals surface area contributed by atoms with Gasteiger partial charge in [0.1, 0.15) is 0 Å². The maximum Gasteiger partial charge on any atom is 0.327 e. The Balaban J connectivity index is 1.95. The quantitative estimate of drug-likeness (QED) is 0.782. The molecule has 1 aliphatic rings. The Morgan fingerprint density at radius 2 is 2.18 bits per heavy atom. The number of carbonyl (C=O) groups is 1. The molecule has 90 valence electrons. The van der Waals surface area contributed by atoms with Crippen molar-refractivity contribution in [2.75, 3.05) is 6.54 Å². The molecule has 1 fully saturated rings. The van der Waals surface area contributed by atoms with E-state index < -0.39 is 5.97 Å². The predicted octanol–water partition coefficient (Wildman–Crippen LogP) is 2.29. The smallest absolute Gasteiger partial charge is 0.327 e. The number of carboxylic acids is 1. The summed E-state index contributed by atoms with van der Waals surface area (Å²) in [5, 5.41) is 11.9. The highest BCUT2D eigenvalue weighted by Gasteiger charge is 2.15. The number of hydrogen-bond donors (Lipinski definition) is 2. The summed E-state index contributed by atoms with van der Waals surface area (Å²) in [7, 11) is 0. The molecule has 0 unspecified atom stereocenters. The van der Waals surface area contributed by atoms with Gasteiger partial charge in [-0.25, -0.2) is 4.79 Å². The van der Waals surface area contributed by atoms with Gasteiger partial charge in [0.2, 0.25) is 0 Å². The van der Waals surface area contributed by atoms with Crippen LogP contribution in [-0.2, 0) is 11.2 Å². The van der Waals surface area contributed by atoms with Crippen LogP contribution in [0.15, 0.2) is 36.4 Å². The molecule has 0 radical (unpaired) electrons. The summed E-state index contributed by atoms with van der Waals surface area (Å²) in [5.74, 6) is -0.892. The van der Waals surface area contributed by atoms with Crippen LogP contribution in [0.3, 0.4) is 0 Å². The van der Waals surface area contributed by atoms with E-state index >= 15 is 0 Å². The van der Waals surface area contributed by atoms with Gasteiger partial charge in [-0.15, -0.1) is 0 Å². The average Bonchev–Trinajstić information content (AvgIpc) is 2.83. The van der Waals surface area contributed by atoms with Crippen molar-refractivity contribution in [3.05, 3.63) is 47.5 Å². The lowest BCUT2D eigenvalue weighted by molar-refractivity contribution is -0.131. The van der Waals surface area contributed by atoms with Crippen molar-refractivity contribution in [1.29, 1.82) is 0 Å². The van der Waals surface area contributed by atoms with E-state index in [4.69, 9.17) is 5.11 Å². The molecule has 17 heavy (non-hydrogen) atoms. The van der Waals surface area contributed by atoms with Gasteiger partial charge in [-0.05, 0) is 36.9 Å². The van der Waals surface area contributed by atoms with Crippen molar-refractivity contribution >= 4 is 5.97 Å². The maximum absolute atomic E-state index is 10.3. The molecular weight excluding hydrogens is 214 g/mol. The Morgan fingerprint density at radius 3 is 2.76 bits per heavy atom. The molecule has 2 N–H and O–H groups in total. The number of nitrogens with one attached hydrogen (secondary N) is 1.